The number of nitrogens with one attached hydrogen (secondary N) is 1. The second-order valence-electron chi connectivity index (χ2n) is 6.44. The van der Waals surface area contributed by atoms with Crippen molar-refractivity contribution in [1.82, 2.24) is 0 Å². The second kappa shape index (κ2) is 6.81. The van der Waals surface area contributed by atoms with Crippen LogP contribution in [0.3, 0.4) is 0 Å². The van der Waals surface area contributed by atoms with Crippen LogP contribution in [0.15, 0.2) is 46.9 Å². The zero-order valence-electron chi connectivity index (χ0n) is 14.0. The average Bonchev–Trinajstić information content (AvgIpc) is 3.11. The molecule has 2 aromatic carbocycles. The van der Waals surface area contributed by atoms with Gasteiger partial charge in [0.1, 0.15) is 0 Å². The van der Waals surface area contributed by atoms with E-state index in [4.69, 9.17) is 9.47 Å². The van der Waals surface area contributed by atoms with Crippen LogP contribution in [-0.2, 0) is 9.47 Å². The number of halogens is 1. The molecule has 2 aliphatic rings. The number of anilines is 1. The van der Waals surface area contributed by atoms with Crippen molar-refractivity contribution in [2.45, 2.75) is 25.5 Å². The van der Waals surface area contributed by atoms with Gasteiger partial charge in [0.15, 0.2) is 0 Å². The van der Waals surface area contributed by atoms with E-state index in [1.54, 1.807) is 0 Å². The molecule has 0 spiro atoms. The van der Waals surface area contributed by atoms with Gasteiger partial charge in [-0.05, 0) is 49.2 Å². The van der Waals surface area contributed by atoms with Crippen LogP contribution in [-0.4, -0.2) is 19.2 Å². The van der Waals surface area contributed by atoms with Gasteiger partial charge in [0, 0.05) is 28.2 Å². The highest BCUT2D eigenvalue weighted by Gasteiger charge is 2.41. The van der Waals surface area contributed by atoms with Crippen molar-refractivity contribution in [3.8, 4) is 0 Å². The largest absolute Gasteiger partial charge is 0.462 e. The Morgan fingerprint density at radius 3 is 3.00 bits per heavy atom. The molecule has 2 aliphatic heterocycles. The van der Waals surface area contributed by atoms with E-state index in [1.165, 1.54) is 5.56 Å². The SMILES string of the molecule is CCOC(=O)c1ccc2c(c1)[C@@H]1OCC[C@@H]1[C@H](c1cccc(Br)c1)N2. The predicted molar refractivity (Wildman–Crippen MR) is 99.7 cm³/mol. The van der Waals surface area contributed by atoms with Crippen LogP contribution in [0.5, 0.6) is 0 Å². The lowest BCUT2D eigenvalue weighted by molar-refractivity contribution is 0.0525. The Morgan fingerprint density at radius 1 is 1.32 bits per heavy atom. The normalized spacial score (nSPS) is 24.2. The van der Waals surface area contributed by atoms with Crippen molar-refractivity contribution < 1.29 is 14.3 Å². The average molecular weight is 402 g/mol. The minimum Gasteiger partial charge on any atom is -0.462 e. The molecule has 0 aliphatic carbocycles. The summed E-state index contributed by atoms with van der Waals surface area (Å²) >= 11 is 3.56. The summed E-state index contributed by atoms with van der Waals surface area (Å²) in [6, 6.07) is 14.3. The van der Waals surface area contributed by atoms with Gasteiger partial charge in [-0.3, -0.25) is 0 Å². The summed E-state index contributed by atoms with van der Waals surface area (Å²) in [7, 11) is 0. The maximum absolute atomic E-state index is 12.1. The standard InChI is InChI=1S/C20H20BrNO3/c1-2-24-20(23)13-6-7-17-16(11-13)19-15(8-9-25-19)18(22-17)12-4-3-5-14(21)10-12/h3-7,10-11,15,18-19,22H,2,8-9H2,1H3/t15-,18+,19-/m1/s1. The molecule has 4 nitrogen and oxygen atoms in total. The lowest BCUT2D eigenvalue weighted by Crippen LogP contribution is -2.29. The van der Waals surface area contributed by atoms with Gasteiger partial charge in [0.25, 0.3) is 0 Å². The molecule has 1 fully saturated rings. The molecule has 1 saturated heterocycles. The molecular weight excluding hydrogens is 382 g/mol. The topological polar surface area (TPSA) is 47.6 Å². The Labute approximate surface area is 155 Å². The highest BCUT2D eigenvalue weighted by atomic mass is 79.9. The molecule has 3 atom stereocenters. The Hall–Kier alpha value is -1.85. The number of benzene rings is 2. The van der Waals surface area contributed by atoms with Crippen molar-refractivity contribution in [2.75, 3.05) is 18.5 Å². The first-order valence-electron chi connectivity index (χ1n) is 8.62. The van der Waals surface area contributed by atoms with Gasteiger partial charge >= 0.3 is 5.97 Å². The Balaban J connectivity index is 1.71. The fourth-order valence-electron chi connectivity index (χ4n) is 3.84. The number of hydrogen-bond acceptors (Lipinski definition) is 4. The molecule has 130 valence electrons. The number of rotatable bonds is 3. The minimum atomic E-state index is -0.283. The summed E-state index contributed by atoms with van der Waals surface area (Å²) in [5.74, 6) is 0.0632. The quantitative estimate of drug-likeness (QED) is 0.745. The van der Waals surface area contributed by atoms with Gasteiger partial charge in [-0.15, -0.1) is 0 Å². The highest BCUT2D eigenvalue weighted by Crippen LogP contribution is 2.50. The molecule has 0 bridgehead atoms. The first kappa shape index (κ1) is 16.6. The number of carbonyl (C=O) groups excluding carboxylic acids is 1. The summed E-state index contributed by atoms with van der Waals surface area (Å²) < 4.78 is 12.3. The van der Waals surface area contributed by atoms with Crippen LogP contribution in [0.1, 0.15) is 47.0 Å². The molecule has 2 aromatic rings. The minimum absolute atomic E-state index is 0.00890. The van der Waals surface area contributed by atoms with E-state index in [0.717, 1.165) is 28.8 Å². The first-order chi connectivity index (χ1) is 12.2. The van der Waals surface area contributed by atoms with Gasteiger partial charge in [0.05, 0.1) is 24.3 Å². The van der Waals surface area contributed by atoms with Gasteiger partial charge in [-0.2, -0.15) is 0 Å². The van der Waals surface area contributed by atoms with Crippen molar-refractivity contribution in [3.63, 3.8) is 0 Å². The molecule has 2 heterocycles. The third kappa shape index (κ3) is 3.07. The van der Waals surface area contributed by atoms with E-state index in [9.17, 15) is 4.79 Å². The molecule has 5 heteroatoms. The number of ether oxygens (including phenoxy) is 2. The third-order valence-corrected chi connectivity index (χ3v) is 5.45. The van der Waals surface area contributed by atoms with Crippen LogP contribution in [0.2, 0.25) is 0 Å². The highest BCUT2D eigenvalue weighted by molar-refractivity contribution is 9.10. The molecule has 4 rings (SSSR count). The summed E-state index contributed by atoms with van der Waals surface area (Å²) in [4.78, 5) is 12.1. The van der Waals surface area contributed by atoms with Gasteiger partial charge in [-0.25, -0.2) is 4.79 Å². The van der Waals surface area contributed by atoms with E-state index in [1.807, 2.05) is 31.2 Å². The van der Waals surface area contributed by atoms with Crippen LogP contribution in [0.25, 0.3) is 0 Å². The van der Waals surface area contributed by atoms with Crippen molar-refractivity contribution in [3.05, 3.63) is 63.6 Å². The maximum atomic E-state index is 12.1. The van der Waals surface area contributed by atoms with E-state index in [0.29, 0.717) is 18.1 Å². The first-order valence-corrected chi connectivity index (χ1v) is 9.41. The zero-order valence-corrected chi connectivity index (χ0v) is 15.6. The van der Waals surface area contributed by atoms with Gasteiger partial charge in [0.2, 0.25) is 0 Å². The van der Waals surface area contributed by atoms with E-state index in [2.05, 4.69) is 39.4 Å². The lowest BCUT2D eigenvalue weighted by Gasteiger charge is -2.36. The number of carbonyl (C=O) groups is 1. The summed E-state index contributed by atoms with van der Waals surface area (Å²) in [6.45, 7) is 2.93. The maximum Gasteiger partial charge on any atom is 0.338 e. The van der Waals surface area contributed by atoms with Crippen molar-refractivity contribution in [2.24, 2.45) is 5.92 Å². The van der Waals surface area contributed by atoms with E-state index >= 15 is 0 Å². The molecule has 0 amide bonds. The smallest absolute Gasteiger partial charge is 0.338 e. The fraction of sp³-hybridized carbons (Fsp3) is 0.350. The van der Waals surface area contributed by atoms with Crippen LogP contribution in [0.4, 0.5) is 5.69 Å². The van der Waals surface area contributed by atoms with Gasteiger partial charge in [-0.1, -0.05) is 28.1 Å². The van der Waals surface area contributed by atoms with Gasteiger partial charge < -0.3 is 14.8 Å². The molecule has 0 aromatic heterocycles. The summed E-state index contributed by atoms with van der Waals surface area (Å²) in [6.07, 6.45) is 1.01. The third-order valence-electron chi connectivity index (χ3n) is 4.95. The van der Waals surface area contributed by atoms with Crippen molar-refractivity contribution >= 4 is 27.6 Å². The molecule has 0 saturated carbocycles. The number of hydrogen-bond donors (Lipinski definition) is 1. The predicted octanol–water partition coefficient (Wildman–Crippen LogP) is 4.87. The Bertz CT molecular complexity index is 807. The Morgan fingerprint density at radius 2 is 2.20 bits per heavy atom. The lowest BCUT2D eigenvalue weighted by atomic mass is 9.80. The van der Waals surface area contributed by atoms with Crippen molar-refractivity contribution in [1.29, 1.82) is 0 Å². The van der Waals surface area contributed by atoms with E-state index in [-0.39, 0.29) is 18.1 Å². The summed E-state index contributed by atoms with van der Waals surface area (Å²) in [5, 5.41) is 3.66. The number of esters is 1. The van der Waals surface area contributed by atoms with Crippen LogP contribution >= 0.6 is 15.9 Å². The van der Waals surface area contributed by atoms with E-state index < -0.39 is 0 Å². The zero-order chi connectivity index (χ0) is 17.4. The molecular formula is C20H20BrNO3. The molecule has 0 unspecified atom stereocenters. The molecule has 0 radical (unpaired) electrons. The summed E-state index contributed by atoms with van der Waals surface area (Å²) in [5.41, 5.74) is 3.91. The monoisotopic (exact) mass is 401 g/mol. The molecule has 25 heavy (non-hydrogen) atoms. The Kier molecular flexibility index (Phi) is 4.52. The second-order valence-corrected chi connectivity index (χ2v) is 7.36. The molecule has 1 N–H and O–H groups in total. The number of fused-ring (bicyclic) bond motifs is 3. The van der Waals surface area contributed by atoms with Crippen LogP contribution in [0, 0.1) is 5.92 Å². The van der Waals surface area contributed by atoms with Crippen LogP contribution < -0.4 is 5.32 Å². The fourth-order valence-corrected chi connectivity index (χ4v) is 4.26.